The summed E-state index contributed by atoms with van der Waals surface area (Å²) in [6.45, 7) is 13.7. The van der Waals surface area contributed by atoms with Crippen molar-refractivity contribution in [2.24, 2.45) is 11.1 Å². The van der Waals surface area contributed by atoms with Crippen molar-refractivity contribution in [1.29, 1.82) is 0 Å². The predicted octanol–water partition coefficient (Wildman–Crippen LogP) is 3.26. The van der Waals surface area contributed by atoms with Crippen molar-refractivity contribution in [3.63, 3.8) is 0 Å². The Bertz CT molecular complexity index is 149. The van der Waals surface area contributed by atoms with Crippen LogP contribution >= 0.6 is 0 Å². The zero-order chi connectivity index (χ0) is 12.4. The Labute approximate surface area is 103 Å². The normalized spacial score (nSPS) is 12.4. The maximum atomic E-state index is 5.73. The Hall–Kier alpha value is -0.0800. The standard InChI is InChI=1S/C14H32N2/c1-5-10-16(11-6-2)12-8-7-9-14(3,4)13-15/h5-13,15H2,1-4H3. The van der Waals surface area contributed by atoms with E-state index in [-0.39, 0.29) is 0 Å². The minimum atomic E-state index is 0.334. The van der Waals surface area contributed by atoms with E-state index in [1.807, 2.05) is 0 Å². The summed E-state index contributed by atoms with van der Waals surface area (Å²) in [6.07, 6.45) is 6.44. The fourth-order valence-electron chi connectivity index (χ4n) is 2.01. The van der Waals surface area contributed by atoms with E-state index in [2.05, 4.69) is 32.6 Å². The highest BCUT2D eigenvalue weighted by atomic mass is 15.1. The molecule has 0 saturated carbocycles. The van der Waals surface area contributed by atoms with E-state index in [0.717, 1.165) is 6.54 Å². The molecule has 0 amide bonds. The second kappa shape index (κ2) is 9.00. The number of unbranched alkanes of at least 4 members (excludes halogenated alkanes) is 1. The SMILES string of the molecule is CCCN(CCC)CCCCC(C)(C)CN. The number of rotatable bonds is 10. The third-order valence-electron chi connectivity index (χ3n) is 3.21. The summed E-state index contributed by atoms with van der Waals surface area (Å²) in [4.78, 5) is 2.59. The third-order valence-corrected chi connectivity index (χ3v) is 3.21. The fraction of sp³-hybridized carbons (Fsp3) is 1.00. The molecule has 0 rings (SSSR count). The lowest BCUT2D eigenvalue weighted by Gasteiger charge is -2.24. The van der Waals surface area contributed by atoms with Crippen LogP contribution < -0.4 is 5.73 Å². The first kappa shape index (κ1) is 15.9. The average molecular weight is 228 g/mol. The van der Waals surface area contributed by atoms with Crippen molar-refractivity contribution in [1.82, 2.24) is 4.90 Å². The van der Waals surface area contributed by atoms with Crippen LogP contribution in [0, 0.1) is 5.41 Å². The van der Waals surface area contributed by atoms with Crippen LogP contribution in [0.1, 0.15) is 59.8 Å². The van der Waals surface area contributed by atoms with E-state index in [0.29, 0.717) is 5.41 Å². The largest absolute Gasteiger partial charge is 0.330 e. The van der Waals surface area contributed by atoms with Gasteiger partial charge in [0, 0.05) is 0 Å². The van der Waals surface area contributed by atoms with Crippen molar-refractivity contribution < 1.29 is 0 Å². The summed E-state index contributed by atoms with van der Waals surface area (Å²) >= 11 is 0. The van der Waals surface area contributed by atoms with Crippen LogP contribution in [-0.2, 0) is 0 Å². The van der Waals surface area contributed by atoms with Crippen LogP contribution in [0.25, 0.3) is 0 Å². The lowest BCUT2D eigenvalue weighted by Crippen LogP contribution is -2.27. The van der Waals surface area contributed by atoms with Gasteiger partial charge in [0.1, 0.15) is 0 Å². The highest BCUT2D eigenvalue weighted by Gasteiger charge is 2.14. The van der Waals surface area contributed by atoms with Gasteiger partial charge in [-0.2, -0.15) is 0 Å². The topological polar surface area (TPSA) is 29.3 Å². The van der Waals surface area contributed by atoms with E-state index < -0.39 is 0 Å². The second-order valence-corrected chi connectivity index (χ2v) is 5.67. The molecule has 0 aliphatic carbocycles. The molecule has 0 heterocycles. The first-order valence-electron chi connectivity index (χ1n) is 6.98. The molecular weight excluding hydrogens is 196 g/mol. The van der Waals surface area contributed by atoms with Crippen LogP contribution in [-0.4, -0.2) is 31.1 Å². The van der Waals surface area contributed by atoms with Gasteiger partial charge in [-0.3, -0.25) is 0 Å². The van der Waals surface area contributed by atoms with Gasteiger partial charge in [0.2, 0.25) is 0 Å². The van der Waals surface area contributed by atoms with Crippen LogP contribution in [0.3, 0.4) is 0 Å². The monoisotopic (exact) mass is 228 g/mol. The first-order chi connectivity index (χ1) is 7.55. The van der Waals surface area contributed by atoms with Gasteiger partial charge in [0.05, 0.1) is 0 Å². The zero-order valence-electron chi connectivity index (χ0n) is 11.9. The van der Waals surface area contributed by atoms with Crippen molar-refractivity contribution >= 4 is 0 Å². The molecule has 2 nitrogen and oxygen atoms in total. The molecule has 0 spiro atoms. The lowest BCUT2D eigenvalue weighted by molar-refractivity contribution is 0.256. The number of hydrogen-bond donors (Lipinski definition) is 1. The summed E-state index contributed by atoms with van der Waals surface area (Å²) in [5, 5.41) is 0. The Morgan fingerprint density at radius 2 is 1.50 bits per heavy atom. The Balaban J connectivity index is 3.61. The molecule has 0 aromatic rings. The summed E-state index contributed by atoms with van der Waals surface area (Å²) in [7, 11) is 0. The van der Waals surface area contributed by atoms with Crippen LogP contribution in [0.2, 0.25) is 0 Å². The van der Waals surface area contributed by atoms with E-state index in [1.54, 1.807) is 0 Å². The molecule has 0 unspecified atom stereocenters. The first-order valence-corrected chi connectivity index (χ1v) is 6.98. The molecule has 0 fully saturated rings. The Morgan fingerprint density at radius 1 is 0.938 bits per heavy atom. The molecule has 0 aromatic carbocycles. The molecule has 0 bridgehead atoms. The second-order valence-electron chi connectivity index (χ2n) is 5.67. The van der Waals surface area contributed by atoms with Gasteiger partial charge in [-0.05, 0) is 57.3 Å². The smallest absolute Gasteiger partial charge is 0.00187 e. The molecule has 0 aliphatic rings. The maximum absolute atomic E-state index is 5.73. The molecule has 2 heteroatoms. The average Bonchev–Trinajstić information content (AvgIpc) is 2.25. The Morgan fingerprint density at radius 3 is 1.94 bits per heavy atom. The van der Waals surface area contributed by atoms with E-state index >= 15 is 0 Å². The molecule has 0 radical (unpaired) electrons. The summed E-state index contributed by atoms with van der Waals surface area (Å²) in [5.41, 5.74) is 6.07. The number of hydrogen-bond acceptors (Lipinski definition) is 2. The third kappa shape index (κ3) is 8.12. The van der Waals surface area contributed by atoms with Gasteiger partial charge < -0.3 is 10.6 Å². The quantitative estimate of drug-likeness (QED) is 0.582. The van der Waals surface area contributed by atoms with E-state index in [9.17, 15) is 0 Å². The molecule has 2 N–H and O–H groups in total. The minimum Gasteiger partial charge on any atom is -0.330 e. The van der Waals surface area contributed by atoms with Crippen molar-refractivity contribution in [3.8, 4) is 0 Å². The van der Waals surface area contributed by atoms with Crippen LogP contribution in [0.15, 0.2) is 0 Å². The lowest BCUT2D eigenvalue weighted by atomic mass is 9.87. The van der Waals surface area contributed by atoms with Gasteiger partial charge in [-0.15, -0.1) is 0 Å². The molecule has 0 atom stereocenters. The van der Waals surface area contributed by atoms with Gasteiger partial charge in [-0.25, -0.2) is 0 Å². The Kier molecular flexibility index (Phi) is 8.96. The highest BCUT2D eigenvalue weighted by Crippen LogP contribution is 2.21. The molecule has 0 aliphatic heterocycles. The number of nitrogens with two attached hydrogens (primary N) is 1. The maximum Gasteiger partial charge on any atom is -0.00187 e. The molecule has 0 saturated heterocycles. The van der Waals surface area contributed by atoms with Gasteiger partial charge in [0.25, 0.3) is 0 Å². The van der Waals surface area contributed by atoms with Crippen LogP contribution in [0.4, 0.5) is 0 Å². The molecular formula is C14H32N2. The van der Waals surface area contributed by atoms with Crippen molar-refractivity contribution in [3.05, 3.63) is 0 Å². The van der Waals surface area contributed by atoms with Gasteiger partial charge in [0.15, 0.2) is 0 Å². The zero-order valence-corrected chi connectivity index (χ0v) is 11.9. The minimum absolute atomic E-state index is 0.334. The summed E-state index contributed by atoms with van der Waals surface area (Å²) < 4.78 is 0. The van der Waals surface area contributed by atoms with Crippen molar-refractivity contribution in [2.75, 3.05) is 26.2 Å². The summed E-state index contributed by atoms with van der Waals surface area (Å²) in [5.74, 6) is 0. The summed E-state index contributed by atoms with van der Waals surface area (Å²) in [6, 6.07) is 0. The number of nitrogens with zero attached hydrogens (tertiary/aromatic N) is 1. The van der Waals surface area contributed by atoms with Crippen molar-refractivity contribution in [2.45, 2.75) is 59.8 Å². The molecule has 98 valence electrons. The van der Waals surface area contributed by atoms with Gasteiger partial charge in [-0.1, -0.05) is 34.1 Å². The highest BCUT2D eigenvalue weighted by molar-refractivity contribution is 4.69. The van der Waals surface area contributed by atoms with Gasteiger partial charge >= 0.3 is 0 Å². The van der Waals surface area contributed by atoms with E-state index in [4.69, 9.17) is 5.73 Å². The fourth-order valence-corrected chi connectivity index (χ4v) is 2.01. The molecule has 0 aromatic heterocycles. The molecule has 16 heavy (non-hydrogen) atoms. The predicted molar refractivity (Wildman–Crippen MR) is 73.7 cm³/mol. The van der Waals surface area contributed by atoms with E-state index in [1.165, 1.54) is 51.7 Å². The van der Waals surface area contributed by atoms with Crippen LogP contribution in [0.5, 0.6) is 0 Å².